The van der Waals surface area contributed by atoms with Crippen molar-refractivity contribution in [3.05, 3.63) is 58.0 Å². The Bertz CT molecular complexity index is 1850. The van der Waals surface area contributed by atoms with Crippen molar-refractivity contribution in [3.63, 3.8) is 0 Å². The number of rotatable bonds is 4. The number of anilines is 2. The highest BCUT2D eigenvalue weighted by atomic mass is 32.2. The predicted octanol–water partition coefficient (Wildman–Crippen LogP) is 4.40. The number of aromatic nitrogens is 4. The fourth-order valence-corrected chi connectivity index (χ4v) is 7.21. The van der Waals surface area contributed by atoms with Crippen LogP contribution < -0.4 is 10.2 Å². The highest BCUT2D eigenvalue weighted by Gasteiger charge is 2.45. The highest BCUT2D eigenvalue weighted by Crippen LogP contribution is 2.49. The summed E-state index contributed by atoms with van der Waals surface area (Å²) < 4.78 is 40.0. The van der Waals surface area contributed by atoms with Gasteiger partial charge in [0.2, 0.25) is 15.0 Å². The van der Waals surface area contributed by atoms with Crippen molar-refractivity contribution in [2.75, 3.05) is 37.1 Å². The van der Waals surface area contributed by atoms with E-state index in [0.29, 0.717) is 55.4 Å². The maximum Gasteiger partial charge on any atom is 0.412 e. The Morgan fingerprint density at radius 3 is 2.62 bits per heavy atom. The van der Waals surface area contributed by atoms with Crippen molar-refractivity contribution in [2.45, 2.75) is 95.4 Å². The van der Waals surface area contributed by atoms with Gasteiger partial charge in [-0.25, -0.2) is 23.2 Å². The second-order valence-corrected chi connectivity index (χ2v) is 16.0. The van der Waals surface area contributed by atoms with E-state index in [1.807, 2.05) is 48.6 Å². The molecule has 0 saturated heterocycles. The summed E-state index contributed by atoms with van der Waals surface area (Å²) in [6.07, 6.45) is 3.23. The van der Waals surface area contributed by atoms with Gasteiger partial charge in [-0.3, -0.25) is 14.8 Å². The minimum Gasteiger partial charge on any atom is -0.444 e. The first kappa shape index (κ1) is 32.9. The van der Waals surface area contributed by atoms with Crippen LogP contribution in [0, 0.1) is 0 Å². The number of nitrogens with zero attached hydrogens (tertiary/aromatic N) is 6. The number of hydrogen-bond acceptors (Lipinski definition) is 10. The van der Waals surface area contributed by atoms with Crippen LogP contribution in [0.25, 0.3) is 0 Å². The second-order valence-electron chi connectivity index (χ2n) is 14.1. The number of carbonyl (C=O) groups excluding carboxylic acids is 2. The zero-order valence-electron chi connectivity index (χ0n) is 28.1. The Balaban J connectivity index is 1.38. The number of ether oxygens (including phenoxy) is 2. The molecule has 13 nitrogen and oxygen atoms in total. The van der Waals surface area contributed by atoms with Gasteiger partial charge < -0.3 is 19.3 Å². The topological polar surface area (TPSA) is 149 Å². The van der Waals surface area contributed by atoms with E-state index in [9.17, 15) is 18.0 Å². The van der Waals surface area contributed by atoms with Crippen molar-refractivity contribution in [2.24, 2.45) is 0 Å². The molecule has 1 aromatic carbocycles. The van der Waals surface area contributed by atoms with Crippen LogP contribution in [-0.2, 0) is 51.0 Å². The molecule has 0 radical (unpaired) electrons. The maximum atomic E-state index is 12.9. The number of benzene rings is 1. The summed E-state index contributed by atoms with van der Waals surface area (Å²) >= 11 is 0. The number of hydrogen-bond donors (Lipinski definition) is 1. The zero-order valence-corrected chi connectivity index (χ0v) is 28.9. The van der Waals surface area contributed by atoms with Crippen LogP contribution in [0.1, 0.15) is 91.4 Å². The molecule has 3 aromatic rings. The van der Waals surface area contributed by atoms with Crippen molar-refractivity contribution < 1.29 is 27.5 Å². The fourth-order valence-electron chi connectivity index (χ4n) is 6.68. The number of fused-ring (bicyclic) bond motifs is 4. The van der Waals surface area contributed by atoms with Crippen LogP contribution in [0.2, 0.25) is 0 Å². The molecule has 1 N–H and O–H groups in total. The van der Waals surface area contributed by atoms with E-state index in [0.717, 1.165) is 41.5 Å². The average molecular weight is 666 g/mol. The van der Waals surface area contributed by atoms with Gasteiger partial charge in [0.1, 0.15) is 11.4 Å². The lowest BCUT2D eigenvalue weighted by Gasteiger charge is -2.44. The third-order valence-corrected chi connectivity index (χ3v) is 9.81. The molecule has 1 aliphatic carbocycles. The lowest BCUT2D eigenvalue weighted by atomic mass is 9.71. The average Bonchev–Trinajstić information content (AvgIpc) is 3.27. The van der Waals surface area contributed by atoms with Crippen LogP contribution in [0.15, 0.2) is 29.4 Å². The summed E-state index contributed by atoms with van der Waals surface area (Å²) in [6, 6.07) is 7.64. The normalized spacial score (nSPS) is 20.9. The molecule has 4 heterocycles. The van der Waals surface area contributed by atoms with Crippen molar-refractivity contribution in [3.8, 4) is 0 Å². The van der Waals surface area contributed by atoms with Gasteiger partial charge in [-0.1, -0.05) is 13.0 Å². The Morgan fingerprint density at radius 2 is 1.91 bits per heavy atom. The summed E-state index contributed by atoms with van der Waals surface area (Å²) in [4.78, 5) is 38.0. The van der Waals surface area contributed by atoms with E-state index in [1.165, 1.54) is 4.90 Å². The molecule has 0 fully saturated rings. The van der Waals surface area contributed by atoms with Gasteiger partial charge in [0.05, 0.1) is 30.1 Å². The molecular formula is C33H43N7O6S. The molecule has 1 spiro atoms. The molecule has 3 aliphatic rings. The lowest BCUT2D eigenvalue weighted by molar-refractivity contribution is -0.0872. The third kappa shape index (κ3) is 6.57. The van der Waals surface area contributed by atoms with Gasteiger partial charge in [-0.2, -0.15) is 5.10 Å². The Labute approximate surface area is 275 Å². The first-order chi connectivity index (χ1) is 22.0. The van der Waals surface area contributed by atoms with Crippen LogP contribution in [-0.4, -0.2) is 77.6 Å². The van der Waals surface area contributed by atoms with Crippen molar-refractivity contribution >= 4 is 33.3 Å². The van der Waals surface area contributed by atoms with Crippen LogP contribution >= 0.6 is 0 Å². The molecule has 0 bridgehead atoms. The summed E-state index contributed by atoms with van der Waals surface area (Å²) in [6.45, 7) is 9.42. The number of carbonyl (C=O) groups is 2. The molecule has 2 unspecified atom stereocenters. The number of amides is 2. The smallest absolute Gasteiger partial charge is 0.412 e. The summed E-state index contributed by atoms with van der Waals surface area (Å²) in [5.41, 5.74) is 3.85. The predicted molar refractivity (Wildman–Crippen MR) is 175 cm³/mol. The minimum absolute atomic E-state index is 0.180. The minimum atomic E-state index is -3.75. The SMILES string of the molecule is CC1CCC2(Cc3nc(S(C)(=O)=O)nc(N4CCCn5nc(C(=O)N(C)C)cc5C4)c3CO2)c2cc(NC(=O)OC(C)(C)C)ccc21. The van der Waals surface area contributed by atoms with Gasteiger partial charge in [-0.15, -0.1) is 0 Å². The molecule has 252 valence electrons. The first-order valence-corrected chi connectivity index (χ1v) is 17.8. The fraction of sp³-hybridized carbons (Fsp3) is 0.545. The van der Waals surface area contributed by atoms with E-state index >= 15 is 0 Å². The van der Waals surface area contributed by atoms with Crippen LogP contribution in [0.5, 0.6) is 0 Å². The molecule has 6 rings (SSSR count). The summed E-state index contributed by atoms with van der Waals surface area (Å²) in [5, 5.41) is 7.17. The molecule has 2 atom stereocenters. The first-order valence-electron chi connectivity index (χ1n) is 15.9. The molecule has 0 saturated carbocycles. The van der Waals surface area contributed by atoms with Crippen LogP contribution in [0.3, 0.4) is 0 Å². The molecule has 2 amide bonds. The summed E-state index contributed by atoms with van der Waals surface area (Å²) in [5.74, 6) is 0.612. The number of aryl methyl sites for hydroxylation is 1. The lowest BCUT2D eigenvalue weighted by Crippen LogP contribution is -2.41. The third-order valence-electron chi connectivity index (χ3n) is 8.97. The van der Waals surface area contributed by atoms with E-state index < -0.39 is 27.1 Å². The Morgan fingerprint density at radius 1 is 1.15 bits per heavy atom. The second kappa shape index (κ2) is 11.9. The standard InChI is InChI=1S/C33H43N7O6S/c1-20-11-12-33(25-15-21(9-10-23(20)25)34-31(42)46-32(2,3)4)17-27-24(19-45-33)28(36-30(35-27)47(7,43)44)39-13-8-14-40-22(18-39)16-26(37-40)29(41)38(5)6/h9-10,15-16,20H,8,11-14,17-19H2,1-7H3,(H,34,42). The van der Waals surface area contributed by atoms with Crippen molar-refractivity contribution in [1.29, 1.82) is 0 Å². The molecular weight excluding hydrogens is 622 g/mol. The van der Waals surface area contributed by atoms with Gasteiger partial charge in [-0.05, 0) is 75.3 Å². The van der Waals surface area contributed by atoms with Gasteiger partial charge in [0.25, 0.3) is 5.91 Å². The van der Waals surface area contributed by atoms with Gasteiger partial charge >= 0.3 is 6.09 Å². The maximum absolute atomic E-state index is 12.9. The monoisotopic (exact) mass is 665 g/mol. The highest BCUT2D eigenvalue weighted by molar-refractivity contribution is 7.90. The number of nitrogens with one attached hydrogen (secondary N) is 1. The summed E-state index contributed by atoms with van der Waals surface area (Å²) in [7, 11) is -0.369. The number of sulfone groups is 1. The molecule has 2 aliphatic heterocycles. The van der Waals surface area contributed by atoms with Crippen LogP contribution in [0.4, 0.5) is 16.3 Å². The van der Waals surface area contributed by atoms with E-state index in [4.69, 9.17) is 9.47 Å². The molecule has 14 heteroatoms. The van der Waals surface area contributed by atoms with Gasteiger partial charge in [0, 0.05) is 51.1 Å². The van der Waals surface area contributed by atoms with E-state index in [-0.39, 0.29) is 23.6 Å². The van der Waals surface area contributed by atoms with E-state index in [1.54, 1.807) is 20.2 Å². The van der Waals surface area contributed by atoms with E-state index in [2.05, 4.69) is 27.3 Å². The Kier molecular flexibility index (Phi) is 8.32. The molecule has 2 aromatic heterocycles. The largest absolute Gasteiger partial charge is 0.444 e. The Hall–Kier alpha value is -4.04. The zero-order chi connectivity index (χ0) is 33.9. The van der Waals surface area contributed by atoms with Gasteiger partial charge in [0.15, 0.2) is 5.69 Å². The molecule has 47 heavy (non-hydrogen) atoms. The quantitative estimate of drug-likeness (QED) is 0.398. The van der Waals surface area contributed by atoms with Crippen molar-refractivity contribution in [1.82, 2.24) is 24.6 Å².